The average Bonchev–Trinajstić information content (AvgIpc) is 3.06. The molecule has 140 valence electrons. The van der Waals surface area contributed by atoms with Crippen molar-refractivity contribution in [2.75, 3.05) is 18.4 Å². The van der Waals surface area contributed by atoms with Crippen LogP contribution in [0.1, 0.15) is 47.9 Å². The number of carbonyl (C=O) groups excluding carboxylic acids is 1. The number of likely N-dealkylation sites (tertiary alicyclic amines) is 1. The second-order valence-electron chi connectivity index (χ2n) is 8.14. The molecule has 0 unspecified atom stereocenters. The Morgan fingerprint density at radius 1 is 1.00 bits per heavy atom. The molecule has 26 heavy (non-hydrogen) atoms. The highest BCUT2D eigenvalue weighted by atomic mass is 32.2. The summed E-state index contributed by atoms with van der Waals surface area (Å²) in [5.74, 6) is 0. The van der Waals surface area contributed by atoms with Crippen LogP contribution in [0.4, 0.5) is 10.5 Å². The van der Waals surface area contributed by atoms with Crippen molar-refractivity contribution in [3.8, 4) is 0 Å². The van der Waals surface area contributed by atoms with Gasteiger partial charge in [-0.2, -0.15) is 0 Å². The third kappa shape index (κ3) is 2.81. The van der Waals surface area contributed by atoms with E-state index in [1.54, 1.807) is 0 Å². The Labute approximate surface area is 154 Å². The predicted octanol–water partition coefficient (Wildman–Crippen LogP) is 1.96. The summed E-state index contributed by atoms with van der Waals surface area (Å²) in [7, 11) is -3.61. The van der Waals surface area contributed by atoms with Crippen LogP contribution in [0.3, 0.4) is 0 Å². The van der Waals surface area contributed by atoms with Crippen LogP contribution in [0.25, 0.3) is 0 Å². The molecule has 1 aliphatic heterocycles. The highest BCUT2D eigenvalue weighted by Crippen LogP contribution is 2.38. The number of aryl methyl sites for hydroxylation is 2. The maximum atomic E-state index is 12.5. The quantitative estimate of drug-likeness (QED) is 0.843. The van der Waals surface area contributed by atoms with E-state index in [2.05, 4.69) is 21.0 Å². The highest BCUT2D eigenvalue weighted by Gasteiger charge is 2.44. The molecule has 0 radical (unpaired) electrons. The Hall–Kier alpha value is -1.60. The molecule has 0 aromatic heterocycles. The van der Waals surface area contributed by atoms with Gasteiger partial charge in [0.1, 0.15) is 5.25 Å². The number of sulfonamides is 1. The monoisotopic (exact) mass is 375 g/mol. The van der Waals surface area contributed by atoms with Crippen LogP contribution < -0.4 is 10.0 Å². The molecule has 0 spiro atoms. The Morgan fingerprint density at radius 2 is 1.62 bits per heavy atom. The predicted molar refractivity (Wildman–Crippen MR) is 99.9 cm³/mol. The number of fused-ring (bicyclic) bond motifs is 2. The fourth-order valence-electron chi connectivity index (χ4n) is 4.72. The summed E-state index contributed by atoms with van der Waals surface area (Å²) >= 11 is 0. The first-order valence-electron chi connectivity index (χ1n) is 9.74. The summed E-state index contributed by atoms with van der Waals surface area (Å²) < 4.78 is 27.2. The van der Waals surface area contributed by atoms with Crippen molar-refractivity contribution in [1.29, 1.82) is 0 Å². The van der Waals surface area contributed by atoms with Gasteiger partial charge in [0.2, 0.25) is 10.0 Å². The van der Waals surface area contributed by atoms with Crippen LogP contribution in [-0.4, -0.2) is 43.7 Å². The molecular formula is C19H25N3O3S. The highest BCUT2D eigenvalue weighted by molar-refractivity contribution is 7.90. The maximum Gasteiger partial charge on any atom is 0.332 e. The van der Waals surface area contributed by atoms with Gasteiger partial charge in [-0.3, -0.25) is 4.90 Å². The topological polar surface area (TPSA) is 78.5 Å². The van der Waals surface area contributed by atoms with Crippen LogP contribution in [0.5, 0.6) is 0 Å². The molecule has 3 aliphatic carbocycles. The molecule has 1 saturated heterocycles. The fourth-order valence-corrected chi connectivity index (χ4v) is 5.97. The van der Waals surface area contributed by atoms with Crippen molar-refractivity contribution in [3.05, 3.63) is 28.3 Å². The summed E-state index contributed by atoms with van der Waals surface area (Å²) in [4.78, 5) is 14.7. The van der Waals surface area contributed by atoms with Gasteiger partial charge in [-0.25, -0.2) is 17.9 Å². The summed E-state index contributed by atoms with van der Waals surface area (Å²) in [6, 6.07) is 2.26. The van der Waals surface area contributed by atoms with Crippen molar-refractivity contribution in [2.24, 2.45) is 0 Å². The minimum absolute atomic E-state index is 0.471. The standard InChI is InChI=1S/C19H25N3O3S/c23-19(21-26(24,25)15-10-22(11-15)14-7-8-14)20-18-16-5-1-3-12(16)9-13-4-2-6-17(13)18/h9,14-15H,1-8,10-11H2,(H2,20,21,23). The molecule has 2 N–H and O–H groups in total. The maximum absolute atomic E-state index is 12.5. The van der Waals surface area contributed by atoms with Gasteiger partial charge in [0.15, 0.2) is 0 Å². The van der Waals surface area contributed by atoms with E-state index >= 15 is 0 Å². The number of nitrogens with zero attached hydrogens (tertiary/aromatic N) is 1. The minimum atomic E-state index is -3.61. The molecule has 2 fully saturated rings. The SMILES string of the molecule is O=C(Nc1c2c(cc3c1CCC3)CCC2)NS(=O)(=O)C1CN(C2CC2)C1. The molecule has 1 saturated carbocycles. The van der Waals surface area contributed by atoms with Gasteiger partial charge < -0.3 is 5.32 Å². The Bertz CT molecular complexity index is 838. The fraction of sp³-hybridized carbons (Fsp3) is 0.632. The number of urea groups is 1. The summed E-state index contributed by atoms with van der Waals surface area (Å²) in [5.41, 5.74) is 5.95. The van der Waals surface area contributed by atoms with Gasteiger partial charge in [-0.05, 0) is 73.6 Å². The summed E-state index contributed by atoms with van der Waals surface area (Å²) in [6.07, 6.45) is 8.58. The third-order valence-electron chi connectivity index (χ3n) is 6.32. The van der Waals surface area contributed by atoms with Crippen LogP contribution in [0, 0.1) is 0 Å². The Balaban J connectivity index is 1.30. The first kappa shape index (κ1) is 16.6. The van der Waals surface area contributed by atoms with Gasteiger partial charge in [-0.15, -0.1) is 0 Å². The molecule has 1 aromatic carbocycles. The van der Waals surface area contributed by atoms with Gasteiger partial charge in [0.05, 0.1) is 0 Å². The molecular weight excluding hydrogens is 350 g/mol. The molecule has 5 rings (SSSR count). The van der Waals surface area contributed by atoms with E-state index in [0.717, 1.165) is 44.2 Å². The zero-order valence-corrected chi connectivity index (χ0v) is 15.7. The Morgan fingerprint density at radius 3 is 2.19 bits per heavy atom. The first-order chi connectivity index (χ1) is 12.5. The molecule has 1 heterocycles. The normalized spacial score (nSPS) is 22.6. The average molecular weight is 375 g/mol. The van der Waals surface area contributed by atoms with Crippen molar-refractivity contribution in [2.45, 2.75) is 62.7 Å². The number of benzene rings is 1. The first-order valence-corrected chi connectivity index (χ1v) is 11.3. The lowest BCUT2D eigenvalue weighted by Gasteiger charge is -2.38. The largest absolute Gasteiger partial charge is 0.332 e. The smallest absolute Gasteiger partial charge is 0.307 e. The van der Waals surface area contributed by atoms with E-state index in [1.165, 1.54) is 35.1 Å². The van der Waals surface area contributed by atoms with E-state index in [-0.39, 0.29) is 0 Å². The van der Waals surface area contributed by atoms with E-state index in [4.69, 9.17) is 0 Å². The molecule has 7 heteroatoms. The van der Waals surface area contributed by atoms with Crippen molar-refractivity contribution >= 4 is 21.7 Å². The van der Waals surface area contributed by atoms with Crippen molar-refractivity contribution < 1.29 is 13.2 Å². The van der Waals surface area contributed by atoms with E-state index in [9.17, 15) is 13.2 Å². The van der Waals surface area contributed by atoms with E-state index < -0.39 is 21.3 Å². The molecule has 2 amide bonds. The van der Waals surface area contributed by atoms with Crippen LogP contribution in [0.2, 0.25) is 0 Å². The zero-order chi connectivity index (χ0) is 17.9. The van der Waals surface area contributed by atoms with Crippen molar-refractivity contribution in [1.82, 2.24) is 9.62 Å². The number of anilines is 1. The number of hydrogen-bond acceptors (Lipinski definition) is 4. The summed E-state index contributed by atoms with van der Waals surface area (Å²) in [5, 5.41) is 2.43. The lowest BCUT2D eigenvalue weighted by Crippen LogP contribution is -2.59. The lowest BCUT2D eigenvalue weighted by molar-refractivity contribution is 0.174. The zero-order valence-electron chi connectivity index (χ0n) is 14.9. The molecule has 0 atom stereocenters. The number of amides is 2. The van der Waals surface area contributed by atoms with E-state index in [0.29, 0.717) is 19.1 Å². The van der Waals surface area contributed by atoms with Crippen LogP contribution >= 0.6 is 0 Å². The number of hydrogen-bond donors (Lipinski definition) is 2. The lowest BCUT2D eigenvalue weighted by atomic mass is 9.99. The second-order valence-corrected chi connectivity index (χ2v) is 10.1. The van der Waals surface area contributed by atoms with Gasteiger partial charge >= 0.3 is 6.03 Å². The van der Waals surface area contributed by atoms with Gasteiger partial charge in [0, 0.05) is 24.8 Å². The summed E-state index contributed by atoms with van der Waals surface area (Å²) in [6.45, 7) is 1.09. The molecule has 1 aromatic rings. The Kier molecular flexibility index (Phi) is 3.79. The number of carbonyl (C=O) groups is 1. The minimum Gasteiger partial charge on any atom is -0.307 e. The molecule has 4 aliphatic rings. The number of nitrogens with one attached hydrogen (secondary N) is 2. The van der Waals surface area contributed by atoms with E-state index in [1.807, 2.05) is 0 Å². The van der Waals surface area contributed by atoms with Crippen LogP contribution in [-0.2, 0) is 35.7 Å². The third-order valence-corrected chi connectivity index (χ3v) is 7.97. The number of rotatable bonds is 4. The van der Waals surface area contributed by atoms with Gasteiger partial charge in [0.25, 0.3) is 0 Å². The molecule has 6 nitrogen and oxygen atoms in total. The van der Waals surface area contributed by atoms with Crippen molar-refractivity contribution in [3.63, 3.8) is 0 Å². The molecule has 0 bridgehead atoms. The van der Waals surface area contributed by atoms with Gasteiger partial charge in [-0.1, -0.05) is 6.07 Å². The second kappa shape index (κ2) is 5.96. The van der Waals surface area contributed by atoms with Crippen LogP contribution in [0.15, 0.2) is 6.07 Å².